The molecule has 1 aromatic rings. The van der Waals surface area contributed by atoms with Crippen molar-refractivity contribution in [1.82, 2.24) is 5.32 Å². The number of ether oxygens (including phenoxy) is 1. The van der Waals surface area contributed by atoms with Gasteiger partial charge in [0.05, 0.1) is 11.2 Å². The van der Waals surface area contributed by atoms with Crippen LogP contribution >= 0.6 is 0 Å². The maximum absolute atomic E-state index is 12.3. The molecule has 19 heavy (non-hydrogen) atoms. The average Bonchev–Trinajstić information content (AvgIpc) is 2.37. The molecule has 1 aromatic carbocycles. The van der Waals surface area contributed by atoms with Crippen molar-refractivity contribution in [1.29, 1.82) is 0 Å². The molecule has 0 radical (unpaired) electrons. The van der Waals surface area contributed by atoms with Gasteiger partial charge in [-0.3, -0.25) is 4.79 Å². The fourth-order valence-corrected chi connectivity index (χ4v) is 2.52. The molecule has 0 aromatic heterocycles. The van der Waals surface area contributed by atoms with E-state index in [1.165, 1.54) is 0 Å². The van der Waals surface area contributed by atoms with Crippen LogP contribution in [-0.4, -0.2) is 31.2 Å². The molecular weight excluding hydrogens is 240 g/mol. The van der Waals surface area contributed by atoms with E-state index in [1.807, 2.05) is 31.3 Å². The van der Waals surface area contributed by atoms with Gasteiger partial charge in [0.1, 0.15) is 0 Å². The molecular formula is C15H22N2O2. The predicted octanol–water partition coefficient (Wildman–Crippen LogP) is 2.42. The minimum atomic E-state index is -0.154. The minimum absolute atomic E-state index is 0.0207. The summed E-state index contributed by atoms with van der Waals surface area (Å²) in [7, 11) is 1.82. The van der Waals surface area contributed by atoms with Gasteiger partial charge in [-0.1, -0.05) is 12.1 Å². The fourth-order valence-electron chi connectivity index (χ4n) is 2.52. The highest BCUT2D eigenvalue weighted by molar-refractivity contribution is 5.99. The van der Waals surface area contributed by atoms with E-state index in [0.29, 0.717) is 12.2 Å². The molecule has 0 aliphatic carbocycles. The van der Waals surface area contributed by atoms with E-state index in [4.69, 9.17) is 4.74 Å². The van der Waals surface area contributed by atoms with Gasteiger partial charge in [-0.05, 0) is 38.8 Å². The molecule has 1 aliphatic heterocycles. The summed E-state index contributed by atoms with van der Waals surface area (Å²) in [5, 5.41) is 6.15. The van der Waals surface area contributed by atoms with Gasteiger partial charge < -0.3 is 15.4 Å². The number of hydrogen-bond donors (Lipinski definition) is 2. The summed E-state index contributed by atoms with van der Waals surface area (Å²) in [6.07, 6.45) is 1.72. The number of amides is 1. The van der Waals surface area contributed by atoms with E-state index < -0.39 is 0 Å². The smallest absolute Gasteiger partial charge is 0.253 e. The van der Waals surface area contributed by atoms with E-state index in [-0.39, 0.29) is 17.6 Å². The number of carbonyl (C=O) groups excluding carboxylic acids is 1. The summed E-state index contributed by atoms with van der Waals surface area (Å²) >= 11 is 0. The summed E-state index contributed by atoms with van der Waals surface area (Å²) < 4.78 is 5.66. The summed E-state index contributed by atoms with van der Waals surface area (Å²) in [6, 6.07) is 7.72. The summed E-state index contributed by atoms with van der Waals surface area (Å²) in [5.41, 5.74) is 1.39. The summed E-state index contributed by atoms with van der Waals surface area (Å²) in [5.74, 6) is -0.0207. The molecule has 1 atom stereocenters. The zero-order chi connectivity index (χ0) is 13.9. The molecule has 2 rings (SSSR count). The molecule has 1 amide bonds. The first-order chi connectivity index (χ1) is 9.02. The monoisotopic (exact) mass is 262 g/mol. The van der Waals surface area contributed by atoms with Gasteiger partial charge in [-0.2, -0.15) is 0 Å². The molecule has 4 heteroatoms. The number of para-hydroxylation sites is 1. The molecule has 0 bridgehead atoms. The van der Waals surface area contributed by atoms with Crippen molar-refractivity contribution in [3.63, 3.8) is 0 Å². The van der Waals surface area contributed by atoms with Gasteiger partial charge in [0.2, 0.25) is 0 Å². The van der Waals surface area contributed by atoms with Crippen LogP contribution in [0.1, 0.15) is 37.0 Å². The normalized spacial score (nSPS) is 21.7. The Labute approximate surface area is 114 Å². The van der Waals surface area contributed by atoms with Gasteiger partial charge in [0, 0.05) is 25.4 Å². The Morgan fingerprint density at radius 3 is 2.79 bits per heavy atom. The first-order valence-corrected chi connectivity index (χ1v) is 6.73. The SMILES string of the molecule is CNc1ccccc1C(=O)N[C@H]1CCOC(C)(C)C1. The molecule has 4 nitrogen and oxygen atoms in total. The Bertz CT molecular complexity index is 457. The van der Waals surface area contributed by atoms with Crippen LogP contribution in [-0.2, 0) is 4.74 Å². The van der Waals surface area contributed by atoms with Crippen LogP contribution in [0.2, 0.25) is 0 Å². The third-order valence-electron chi connectivity index (χ3n) is 3.47. The molecule has 1 aliphatic rings. The highest BCUT2D eigenvalue weighted by Gasteiger charge is 2.30. The van der Waals surface area contributed by atoms with Crippen LogP contribution in [0.15, 0.2) is 24.3 Å². The highest BCUT2D eigenvalue weighted by Crippen LogP contribution is 2.24. The van der Waals surface area contributed by atoms with Crippen LogP contribution in [0, 0.1) is 0 Å². The number of benzene rings is 1. The van der Waals surface area contributed by atoms with Gasteiger partial charge in [0.15, 0.2) is 0 Å². The summed E-state index contributed by atoms with van der Waals surface area (Å²) in [6.45, 7) is 4.82. The fraction of sp³-hybridized carbons (Fsp3) is 0.533. The lowest BCUT2D eigenvalue weighted by Crippen LogP contribution is -2.45. The Hall–Kier alpha value is -1.55. The molecule has 1 saturated heterocycles. The second-order valence-electron chi connectivity index (χ2n) is 5.57. The Kier molecular flexibility index (Phi) is 4.10. The third-order valence-corrected chi connectivity index (χ3v) is 3.47. The topological polar surface area (TPSA) is 50.4 Å². The Morgan fingerprint density at radius 2 is 2.11 bits per heavy atom. The van der Waals surface area contributed by atoms with Crippen LogP contribution in [0.4, 0.5) is 5.69 Å². The lowest BCUT2D eigenvalue weighted by molar-refractivity contribution is -0.0615. The van der Waals surface area contributed by atoms with Crippen molar-refractivity contribution in [3.05, 3.63) is 29.8 Å². The number of hydrogen-bond acceptors (Lipinski definition) is 3. The molecule has 2 N–H and O–H groups in total. The molecule has 0 saturated carbocycles. The maximum Gasteiger partial charge on any atom is 0.253 e. The van der Waals surface area contributed by atoms with Gasteiger partial charge in [-0.15, -0.1) is 0 Å². The van der Waals surface area contributed by atoms with Gasteiger partial charge in [0.25, 0.3) is 5.91 Å². The third kappa shape index (κ3) is 3.47. The van der Waals surface area contributed by atoms with Crippen molar-refractivity contribution in [2.45, 2.75) is 38.3 Å². The highest BCUT2D eigenvalue weighted by atomic mass is 16.5. The minimum Gasteiger partial charge on any atom is -0.387 e. The standard InChI is InChI=1S/C15H22N2O2/c1-15(2)10-11(8-9-19-15)17-14(18)12-6-4-5-7-13(12)16-3/h4-7,11,16H,8-10H2,1-3H3,(H,17,18)/t11-/m0/s1. The number of carbonyl (C=O) groups is 1. The first-order valence-electron chi connectivity index (χ1n) is 6.73. The van der Waals surface area contributed by atoms with E-state index in [0.717, 1.165) is 18.5 Å². The number of nitrogens with one attached hydrogen (secondary N) is 2. The van der Waals surface area contributed by atoms with E-state index in [9.17, 15) is 4.79 Å². The maximum atomic E-state index is 12.3. The van der Waals surface area contributed by atoms with Crippen LogP contribution in [0.25, 0.3) is 0 Å². The van der Waals surface area contributed by atoms with E-state index in [1.54, 1.807) is 0 Å². The van der Waals surface area contributed by atoms with E-state index >= 15 is 0 Å². The zero-order valence-corrected chi connectivity index (χ0v) is 11.8. The quantitative estimate of drug-likeness (QED) is 0.879. The molecule has 1 heterocycles. The van der Waals surface area contributed by atoms with Crippen molar-refractivity contribution < 1.29 is 9.53 Å². The van der Waals surface area contributed by atoms with Crippen LogP contribution < -0.4 is 10.6 Å². The lowest BCUT2D eigenvalue weighted by Gasteiger charge is -2.35. The van der Waals surface area contributed by atoms with Crippen molar-refractivity contribution >= 4 is 11.6 Å². The molecule has 104 valence electrons. The predicted molar refractivity (Wildman–Crippen MR) is 76.5 cm³/mol. The van der Waals surface area contributed by atoms with Gasteiger partial charge >= 0.3 is 0 Å². The van der Waals surface area contributed by atoms with Crippen LogP contribution in [0.3, 0.4) is 0 Å². The molecule has 0 unspecified atom stereocenters. The van der Waals surface area contributed by atoms with Crippen molar-refractivity contribution in [2.24, 2.45) is 0 Å². The second kappa shape index (κ2) is 5.61. The first kappa shape index (κ1) is 13.9. The number of anilines is 1. The largest absolute Gasteiger partial charge is 0.387 e. The van der Waals surface area contributed by atoms with E-state index in [2.05, 4.69) is 24.5 Å². The van der Waals surface area contributed by atoms with Crippen LogP contribution in [0.5, 0.6) is 0 Å². The Balaban J connectivity index is 2.05. The summed E-state index contributed by atoms with van der Waals surface area (Å²) in [4.78, 5) is 12.3. The second-order valence-corrected chi connectivity index (χ2v) is 5.57. The zero-order valence-electron chi connectivity index (χ0n) is 11.8. The van der Waals surface area contributed by atoms with Crippen molar-refractivity contribution in [3.8, 4) is 0 Å². The Morgan fingerprint density at radius 1 is 1.37 bits per heavy atom. The number of rotatable bonds is 3. The molecule has 1 fully saturated rings. The van der Waals surface area contributed by atoms with Gasteiger partial charge in [-0.25, -0.2) is 0 Å². The molecule has 0 spiro atoms. The van der Waals surface area contributed by atoms with Crippen molar-refractivity contribution in [2.75, 3.05) is 19.0 Å². The average molecular weight is 262 g/mol. The lowest BCUT2D eigenvalue weighted by atomic mass is 9.93.